The number of phenols is 2. The smallest absolute Gasteiger partial charge is 0.150 e. The van der Waals surface area contributed by atoms with Gasteiger partial charge in [-0.15, -0.1) is 0 Å². The summed E-state index contributed by atoms with van der Waals surface area (Å²) < 4.78 is 11.5. The lowest BCUT2D eigenvalue weighted by atomic mass is 9.86. The zero-order valence-electron chi connectivity index (χ0n) is 23.4. The van der Waals surface area contributed by atoms with E-state index in [0.29, 0.717) is 34.3 Å². The molecule has 0 radical (unpaired) electrons. The first-order valence-electron chi connectivity index (χ1n) is 12.7. The van der Waals surface area contributed by atoms with E-state index < -0.39 is 0 Å². The minimum Gasteiger partial charge on any atom is -0.508 e. The summed E-state index contributed by atoms with van der Waals surface area (Å²) in [6.07, 6.45) is 0. The molecule has 0 spiro atoms. The van der Waals surface area contributed by atoms with Gasteiger partial charge in [-0.3, -0.25) is 0 Å². The molecule has 0 aromatic heterocycles. The maximum absolute atomic E-state index is 9.93. The highest BCUT2D eigenvalue weighted by Gasteiger charge is 2.20. The molecule has 0 heterocycles. The maximum atomic E-state index is 9.93. The number of hydrogen-bond acceptors (Lipinski definition) is 7. The third-order valence-electron chi connectivity index (χ3n) is 5.93. The molecule has 4 aromatic carbocycles. The van der Waals surface area contributed by atoms with Gasteiger partial charge < -0.3 is 36.9 Å². The molecule has 4 aromatic rings. The van der Waals surface area contributed by atoms with E-state index in [0.717, 1.165) is 16.9 Å². The zero-order valence-corrected chi connectivity index (χ0v) is 23.4. The van der Waals surface area contributed by atoms with Crippen molar-refractivity contribution in [1.82, 2.24) is 0 Å². The van der Waals surface area contributed by atoms with Gasteiger partial charge in [-0.25, -0.2) is 0 Å². The van der Waals surface area contributed by atoms with Gasteiger partial charge in [0.05, 0.1) is 5.69 Å². The summed E-state index contributed by atoms with van der Waals surface area (Å²) in [4.78, 5) is 0. The third kappa shape index (κ3) is 7.98. The van der Waals surface area contributed by atoms with Gasteiger partial charge in [0.15, 0.2) is 0 Å². The van der Waals surface area contributed by atoms with Crippen LogP contribution in [0.5, 0.6) is 34.5 Å². The van der Waals surface area contributed by atoms with Crippen LogP contribution in [0.3, 0.4) is 0 Å². The second-order valence-electron chi connectivity index (χ2n) is 11.4. The van der Waals surface area contributed by atoms with Crippen LogP contribution in [-0.2, 0) is 10.8 Å². The van der Waals surface area contributed by atoms with E-state index >= 15 is 0 Å². The van der Waals surface area contributed by atoms with Gasteiger partial charge in [-0.2, -0.15) is 0 Å². The van der Waals surface area contributed by atoms with E-state index in [4.69, 9.17) is 26.7 Å². The van der Waals surface area contributed by atoms with Crippen LogP contribution in [0.4, 0.5) is 17.1 Å². The molecule has 7 nitrogen and oxygen atoms in total. The Morgan fingerprint density at radius 3 is 1.41 bits per heavy atom. The minimum absolute atomic E-state index is 0.134. The van der Waals surface area contributed by atoms with Crippen LogP contribution in [0.1, 0.15) is 52.7 Å². The number of phenolic OH excluding ortho intramolecular Hbond substituents is 2. The number of benzene rings is 4. The molecule has 206 valence electrons. The lowest BCUT2D eigenvalue weighted by Crippen LogP contribution is -2.11. The molecular formula is C32H39N3O4. The lowest BCUT2D eigenvalue weighted by molar-refractivity contribution is 0.437. The van der Waals surface area contributed by atoms with E-state index in [2.05, 4.69) is 20.8 Å². The highest BCUT2D eigenvalue weighted by Crippen LogP contribution is 2.37. The number of rotatable bonds is 4. The number of nitrogens with two attached hydrogens (primary N) is 3. The summed E-state index contributed by atoms with van der Waals surface area (Å²) in [6.45, 7) is 12.2. The van der Waals surface area contributed by atoms with Crippen LogP contribution < -0.4 is 26.7 Å². The fourth-order valence-corrected chi connectivity index (χ4v) is 3.82. The highest BCUT2D eigenvalue weighted by atomic mass is 16.5. The monoisotopic (exact) mass is 529 g/mol. The van der Waals surface area contributed by atoms with Crippen LogP contribution >= 0.6 is 0 Å². The summed E-state index contributed by atoms with van der Waals surface area (Å²) >= 11 is 0. The van der Waals surface area contributed by atoms with Gasteiger partial charge in [0.2, 0.25) is 0 Å². The Kier molecular flexibility index (Phi) is 8.54. The predicted octanol–water partition coefficient (Wildman–Crippen LogP) is 7.71. The molecule has 0 amide bonds. The van der Waals surface area contributed by atoms with Crippen molar-refractivity contribution in [3.8, 4) is 34.5 Å². The molecule has 0 fully saturated rings. The fourth-order valence-electron chi connectivity index (χ4n) is 3.82. The van der Waals surface area contributed by atoms with Crippen LogP contribution in [0.15, 0.2) is 78.9 Å². The molecule has 0 aliphatic carbocycles. The zero-order chi connectivity index (χ0) is 29.0. The second kappa shape index (κ2) is 11.5. The average Bonchev–Trinajstić information content (AvgIpc) is 2.83. The topological polar surface area (TPSA) is 137 Å². The van der Waals surface area contributed by atoms with Crippen molar-refractivity contribution in [2.75, 3.05) is 17.2 Å². The fraction of sp³-hybridized carbons (Fsp3) is 0.250. The molecule has 0 unspecified atom stereocenters. The number of ether oxygens (including phenoxy) is 2. The summed E-state index contributed by atoms with van der Waals surface area (Å²) in [5.74, 6) is 3.15. The Hall–Kier alpha value is -4.52. The summed E-state index contributed by atoms with van der Waals surface area (Å²) in [7, 11) is 0. The Morgan fingerprint density at radius 2 is 0.949 bits per heavy atom. The normalized spacial score (nSPS) is 11.3. The molecule has 7 heteroatoms. The molecule has 0 aliphatic heterocycles. The van der Waals surface area contributed by atoms with Crippen molar-refractivity contribution in [3.05, 3.63) is 90.0 Å². The molecule has 0 saturated carbocycles. The van der Waals surface area contributed by atoms with Crippen LogP contribution in [0.25, 0.3) is 0 Å². The highest BCUT2D eigenvalue weighted by molar-refractivity contribution is 5.61. The molecule has 0 saturated heterocycles. The van der Waals surface area contributed by atoms with Crippen molar-refractivity contribution in [2.45, 2.75) is 52.4 Å². The second-order valence-corrected chi connectivity index (χ2v) is 11.4. The number of aromatic hydroxyl groups is 2. The summed E-state index contributed by atoms with van der Waals surface area (Å²) in [6, 6.07) is 22.8. The van der Waals surface area contributed by atoms with Crippen molar-refractivity contribution >= 4 is 17.1 Å². The van der Waals surface area contributed by atoms with E-state index in [1.165, 1.54) is 0 Å². The molecular weight excluding hydrogens is 490 g/mol. The van der Waals surface area contributed by atoms with Gasteiger partial charge in [0.25, 0.3) is 0 Å². The summed E-state index contributed by atoms with van der Waals surface area (Å²) in [5.41, 5.74) is 20.3. The Morgan fingerprint density at radius 1 is 0.513 bits per heavy atom. The van der Waals surface area contributed by atoms with Crippen molar-refractivity contribution in [1.29, 1.82) is 0 Å². The Bertz CT molecular complexity index is 1420. The molecule has 0 aliphatic rings. The van der Waals surface area contributed by atoms with E-state index in [9.17, 15) is 10.2 Å². The van der Waals surface area contributed by atoms with Gasteiger partial charge >= 0.3 is 0 Å². The Balaban J connectivity index is 0.000000216. The lowest BCUT2D eigenvalue weighted by Gasteiger charge is -2.21. The maximum Gasteiger partial charge on any atom is 0.150 e. The largest absolute Gasteiger partial charge is 0.508 e. The van der Waals surface area contributed by atoms with Gasteiger partial charge in [0.1, 0.15) is 34.5 Å². The molecule has 0 bridgehead atoms. The molecule has 8 N–H and O–H groups in total. The molecule has 4 rings (SSSR count). The minimum atomic E-state index is -0.171. The van der Waals surface area contributed by atoms with Crippen LogP contribution in [0, 0.1) is 0 Å². The van der Waals surface area contributed by atoms with Crippen LogP contribution in [0.2, 0.25) is 0 Å². The predicted molar refractivity (Wildman–Crippen MR) is 160 cm³/mol. The molecule has 0 atom stereocenters. The van der Waals surface area contributed by atoms with Crippen molar-refractivity contribution in [2.24, 2.45) is 0 Å². The van der Waals surface area contributed by atoms with Gasteiger partial charge in [-0.1, -0.05) is 41.5 Å². The SMILES string of the molecule is CC(C)(C)c1cc(Oc2ccc(N)cc2)ccc1O.CC(C)(C)c1cc(Oc2ccc(N)cc2N)ccc1O. The van der Waals surface area contributed by atoms with E-state index in [1.54, 1.807) is 54.6 Å². The Labute approximate surface area is 230 Å². The van der Waals surface area contributed by atoms with E-state index in [-0.39, 0.29) is 22.3 Å². The van der Waals surface area contributed by atoms with Crippen LogP contribution in [-0.4, -0.2) is 10.2 Å². The standard InChI is InChI=1S/C16H20N2O2.C16H19NO2/c1-16(2,3)12-9-11(5-6-14(12)19)20-15-7-4-10(17)8-13(15)18;1-16(2,3)14-10-13(8-9-15(14)18)19-12-6-4-11(17)5-7-12/h4-9,19H,17-18H2,1-3H3;4-10,18H,17H2,1-3H3. The van der Waals surface area contributed by atoms with E-state index in [1.807, 2.05) is 45.0 Å². The van der Waals surface area contributed by atoms with Crippen molar-refractivity contribution < 1.29 is 19.7 Å². The first-order chi connectivity index (χ1) is 18.1. The average molecular weight is 530 g/mol. The van der Waals surface area contributed by atoms with Gasteiger partial charge in [-0.05, 0) is 89.7 Å². The number of anilines is 3. The van der Waals surface area contributed by atoms with Gasteiger partial charge in [0, 0.05) is 22.5 Å². The quantitative estimate of drug-likeness (QED) is 0.171. The first-order valence-corrected chi connectivity index (χ1v) is 12.7. The molecule has 39 heavy (non-hydrogen) atoms. The number of hydrogen-bond donors (Lipinski definition) is 5. The third-order valence-corrected chi connectivity index (χ3v) is 5.93. The number of nitrogen functional groups attached to an aromatic ring is 3. The summed E-state index contributed by atoms with van der Waals surface area (Å²) in [5, 5.41) is 19.8. The first kappa shape index (κ1) is 29.0. The van der Waals surface area contributed by atoms with Crippen molar-refractivity contribution in [3.63, 3.8) is 0 Å².